The number of ketones is 1. The molecule has 1 aliphatic heterocycles. The van der Waals surface area contributed by atoms with Crippen LogP contribution >= 0.6 is 0 Å². The number of ether oxygens (including phenoxy) is 3. The number of carbonyl (C=O) groups excluding carboxylic acids is 1. The van der Waals surface area contributed by atoms with Crippen molar-refractivity contribution in [2.45, 2.75) is 48.0 Å². The predicted octanol–water partition coefficient (Wildman–Crippen LogP) is 4.92. The third-order valence-corrected chi connectivity index (χ3v) is 4.47. The second kappa shape index (κ2) is 20.4. The van der Waals surface area contributed by atoms with Crippen LogP contribution in [0.4, 0.5) is 11.5 Å². The number of nitrogens with two attached hydrogens (primary N) is 1. The second-order valence-corrected chi connectivity index (χ2v) is 7.16. The summed E-state index contributed by atoms with van der Waals surface area (Å²) in [6, 6.07) is 11.6. The first-order chi connectivity index (χ1) is 17.0. The van der Waals surface area contributed by atoms with Crippen LogP contribution in [0.15, 0.2) is 36.4 Å². The Morgan fingerprint density at radius 3 is 2.37 bits per heavy atom. The number of morpholine rings is 1. The van der Waals surface area contributed by atoms with Crippen molar-refractivity contribution in [3.05, 3.63) is 47.5 Å². The van der Waals surface area contributed by atoms with Crippen LogP contribution in [0.1, 0.15) is 52.2 Å². The van der Waals surface area contributed by atoms with Gasteiger partial charge in [-0.15, -0.1) is 0 Å². The number of nitrogen functional groups attached to an aromatic ring is 1. The molecule has 1 fully saturated rings. The zero-order valence-corrected chi connectivity index (χ0v) is 22.3. The number of nitrogens with zero attached hydrogens (tertiary/aromatic N) is 2. The van der Waals surface area contributed by atoms with Gasteiger partial charge in [-0.3, -0.25) is 4.79 Å². The third-order valence-electron chi connectivity index (χ3n) is 4.47. The van der Waals surface area contributed by atoms with Crippen molar-refractivity contribution in [3.63, 3.8) is 0 Å². The fraction of sp³-hybridized carbons (Fsp3) is 0.519. The zero-order chi connectivity index (χ0) is 26.5. The van der Waals surface area contributed by atoms with E-state index in [4.69, 9.17) is 25.4 Å². The highest BCUT2D eigenvalue weighted by Gasteiger charge is 2.13. The van der Waals surface area contributed by atoms with Gasteiger partial charge >= 0.3 is 0 Å². The van der Waals surface area contributed by atoms with Crippen LogP contribution in [0.5, 0.6) is 5.88 Å². The van der Waals surface area contributed by atoms with E-state index >= 15 is 0 Å². The highest BCUT2D eigenvalue weighted by Crippen LogP contribution is 2.23. The van der Waals surface area contributed by atoms with Gasteiger partial charge < -0.3 is 30.3 Å². The minimum Gasteiger partial charge on any atom is -0.475 e. The Balaban J connectivity index is 0.000000740. The second-order valence-electron chi connectivity index (χ2n) is 7.16. The van der Waals surface area contributed by atoms with Crippen LogP contribution < -0.4 is 15.4 Å². The number of aromatic nitrogens is 1. The van der Waals surface area contributed by atoms with Crippen molar-refractivity contribution in [2.24, 2.45) is 0 Å². The van der Waals surface area contributed by atoms with Gasteiger partial charge in [0.2, 0.25) is 5.88 Å². The molecule has 0 amide bonds. The number of hydrogen-bond donors (Lipinski definition) is 2. The summed E-state index contributed by atoms with van der Waals surface area (Å²) in [5, 5.41) is 6.92. The first-order valence-corrected chi connectivity index (χ1v) is 12.4. The molecule has 2 aromatic rings. The lowest BCUT2D eigenvalue weighted by Gasteiger charge is -2.29. The number of pyridine rings is 1. The van der Waals surface area contributed by atoms with Gasteiger partial charge in [0.25, 0.3) is 0 Å². The Hall–Kier alpha value is -2.97. The van der Waals surface area contributed by atoms with Gasteiger partial charge in [-0.25, -0.2) is 0 Å². The van der Waals surface area contributed by atoms with Crippen LogP contribution in [-0.2, 0) is 14.3 Å². The summed E-state index contributed by atoms with van der Waals surface area (Å²) >= 11 is 0. The van der Waals surface area contributed by atoms with E-state index in [2.05, 4.69) is 9.88 Å². The molecule has 1 aliphatic rings. The van der Waals surface area contributed by atoms with Crippen molar-refractivity contribution in [1.82, 2.24) is 4.98 Å². The Kier molecular flexibility index (Phi) is 18.7. The molecular formula is C27H44N4O4. The summed E-state index contributed by atoms with van der Waals surface area (Å²) in [5.74, 6) is 1.03. The van der Waals surface area contributed by atoms with Crippen molar-refractivity contribution < 1.29 is 19.0 Å². The van der Waals surface area contributed by atoms with Crippen LogP contribution in [0.2, 0.25) is 0 Å². The minimum atomic E-state index is 0.119. The Morgan fingerprint density at radius 1 is 1.11 bits per heavy atom. The maximum atomic E-state index is 10.8. The van der Waals surface area contributed by atoms with E-state index in [1.54, 1.807) is 6.92 Å². The molecule has 0 spiro atoms. The normalized spacial score (nSPS) is 12.0. The molecule has 0 aliphatic carbocycles. The van der Waals surface area contributed by atoms with Gasteiger partial charge in [0, 0.05) is 43.5 Å². The Labute approximate surface area is 211 Å². The summed E-state index contributed by atoms with van der Waals surface area (Å²) in [6.07, 6.45) is 1.78. The summed E-state index contributed by atoms with van der Waals surface area (Å²) < 4.78 is 16.2. The number of benzene rings is 1. The minimum absolute atomic E-state index is 0.119. The van der Waals surface area contributed by atoms with Crippen LogP contribution in [0.3, 0.4) is 0 Å². The number of aryl methyl sites for hydroxylation is 1. The molecule has 35 heavy (non-hydrogen) atoms. The largest absolute Gasteiger partial charge is 0.475 e. The third kappa shape index (κ3) is 14.8. The molecule has 8 heteroatoms. The fourth-order valence-corrected chi connectivity index (χ4v) is 2.87. The maximum absolute atomic E-state index is 10.8. The molecule has 3 rings (SSSR count). The smallest absolute Gasteiger partial charge is 0.217 e. The number of anilines is 2. The number of rotatable bonds is 9. The molecule has 0 unspecified atom stereocenters. The van der Waals surface area contributed by atoms with E-state index in [1.807, 2.05) is 71.0 Å². The highest BCUT2D eigenvalue weighted by atomic mass is 16.5. The molecule has 0 saturated carbocycles. The molecule has 0 atom stereocenters. The van der Waals surface area contributed by atoms with E-state index in [1.165, 1.54) is 11.8 Å². The van der Waals surface area contributed by atoms with Gasteiger partial charge in [0.05, 0.1) is 26.4 Å². The number of Topliss-reactive ketones (excluding diaryl/α,β-unsaturated/α-hetero) is 1. The lowest BCUT2D eigenvalue weighted by Crippen LogP contribution is -2.36. The standard InChI is InChI=1S/C15H23N3O4.C8H9N.2C2H6/c1-12(19)2-5-20-8-9-22-15-11-13(10-14(16)17-15)18-3-6-21-7-4-18;1-7-3-2-4-8(5-7)6-9;2*1-2/h10-11H,2-9H2,1H3,(H2,16,17);2-6,9H,1H3;2*1-2H3. The molecular weight excluding hydrogens is 444 g/mol. The Morgan fingerprint density at radius 2 is 1.80 bits per heavy atom. The molecule has 2 heterocycles. The van der Waals surface area contributed by atoms with Crippen molar-refractivity contribution in [1.29, 1.82) is 5.41 Å². The van der Waals surface area contributed by atoms with E-state index in [0.29, 0.717) is 51.2 Å². The molecule has 3 N–H and O–H groups in total. The van der Waals surface area contributed by atoms with Crippen LogP contribution in [0.25, 0.3) is 0 Å². The predicted molar refractivity (Wildman–Crippen MR) is 145 cm³/mol. The zero-order valence-electron chi connectivity index (χ0n) is 22.3. The summed E-state index contributed by atoms with van der Waals surface area (Å²) in [4.78, 5) is 17.1. The number of nitrogens with one attached hydrogen (secondary N) is 1. The monoisotopic (exact) mass is 488 g/mol. The SMILES string of the molecule is CC.CC.CC(=O)CCOCCOc1cc(N2CCOCC2)cc(N)n1.Cc1cccc(C=N)c1. The summed E-state index contributed by atoms with van der Waals surface area (Å²) in [6.45, 7) is 15.9. The molecule has 1 saturated heterocycles. The topological polar surface area (TPSA) is 111 Å². The van der Waals surface area contributed by atoms with E-state index in [9.17, 15) is 4.79 Å². The molecule has 8 nitrogen and oxygen atoms in total. The summed E-state index contributed by atoms with van der Waals surface area (Å²) in [7, 11) is 0. The quantitative estimate of drug-likeness (QED) is 0.381. The van der Waals surface area contributed by atoms with Crippen LogP contribution in [-0.4, -0.2) is 63.1 Å². The number of carbonyl (C=O) groups is 1. The highest BCUT2D eigenvalue weighted by molar-refractivity contribution is 5.77. The first-order valence-electron chi connectivity index (χ1n) is 12.4. The molecule has 1 aromatic heterocycles. The average molecular weight is 489 g/mol. The molecule has 0 bridgehead atoms. The molecule has 196 valence electrons. The number of hydrogen-bond acceptors (Lipinski definition) is 8. The summed E-state index contributed by atoms with van der Waals surface area (Å²) in [5.41, 5.74) is 8.99. The Bertz CT molecular complexity index is 840. The maximum Gasteiger partial charge on any atom is 0.217 e. The lowest BCUT2D eigenvalue weighted by molar-refractivity contribution is -0.118. The lowest BCUT2D eigenvalue weighted by atomic mass is 10.2. The van der Waals surface area contributed by atoms with Crippen molar-refractivity contribution in [2.75, 3.05) is 56.8 Å². The van der Waals surface area contributed by atoms with Gasteiger partial charge in [-0.05, 0) is 19.4 Å². The average Bonchev–Trinajstić information content (AvgIpc) is 2.89. The van der Waals surface area contributed by atoms with Gasteiger partial charge in [-0.1, -0.05) is 57.5 Å². The van der Waals surface area contributed by atoms with E-state index in [0.717, 1.165) is 24.3 Å². The first kappa shape index (κ1) is 32.0. The van der Waals surface area contributed by atoms with Gasteiger partial charge in [0.1, 0.15) is 18.2 Å². The van der Waals surface area contributed by atoms with Gasteiger partial charge in [-0.2, -0.15) is 4.98 Å². The molecule has 1 aromatic carbocycles. The van der Waals surface area contributed by atoms with E-state index < -0.39 is 0 Å². The molecule has 0 radical (unpaired) electrons. The van der Waals surface area contributed by atoms with Crippen molar-refractivity contribution >= 4 is 23.5 Å². The van der Waals surface area contributed by atoms with E-state index in [-0.39, 0.29) is 5.78 Å². The van der Waals surface area contributed by atoms with Gasteiger partial charge in [0.15, 0.2) is 0 Å². The van der Waals surface area contributed by atoms with Crippen molar-refractivity contribution in [3.8, 4) is 5.88 Å². The fourth-order valence-electron chi connectivity index (χ4n) is 2.87. The van der Waals surface area contributed by atoms with Crippen LogP contribution in [0, 0.1) is 12.3 Å².